The number of nitrogens with one attached hydrogen (secondary N) is 1. The number of oxazole rings is 1. The number of aromatic nitrogens is 1. The van der Waals surface area contributed by atoms with Crippen LogP contribution in [0, 0.1) is 11.6 Å². The third kappa shape index (κ3) is 4.12. The van der Waals surface area contributed by atoms with Crippen molar-refractivity contribution in [3.63, 3.8) is 0 Å². The molecule has 0 saturated heterocycles. The maximum atomic E-state index is 13.6. The topological polar surface area (TPSA) is 92.4 Å². The molecule has 1 unspecified atom stereocenters. The standard InChI is InChI=1S/C15H14F2N2O4/c1-8(5-6-12(20)21)18-14(22)11-7-23-15(19-11)13-9(16)3-2-4-10(13)17/h2-4,7-8H,5-6H2,1H3,(H,18,22)(H,20,21). The Balaban J connectivity index is 2.10. The van der Waals surface area contributed by atoms with E-state index in [0.717, 1.165) is 18.4 Å². The van der Waals surface area contributed by atoms with Crippen LogP contribution in [0.3, 0.4) is 0 Å². The van der Waals surface area contributed by atoms with Crippen molar-refractivity contribution in [1.82, 2.24) is 10.3 Å². The van der Waals surface area contributed by atoms with Crippen LogP contribution in [0.5, 0.6) is 0 Å². The lowest BCUT2D eigenvalue weighted by Crippen LogP contribution is -2.33. The van der Waals surface area contributed by atoms with Crippen LogP contribution in [0.1, 0.15) is 30.3 Å². The summed E-state index contributed by atoms with van der Waals surface area (Å²) in [7, 11) is 0. The number of amides is 1. The number of hydrogen-bond donors (Lipinski definition) is 2. The Bertz CT molecular complexity index is 710. The molecule has 1 aromatic carbocycles. The number of carboxylic acids is 1. The molecule has 23 heavy (non-hydrogen) atoms. The van der Waals surface area contributed by atoms with Crippen molar-refractivity contribution in [3.8, 4) is 11.5 Å². The van der Waals surface area contributed by atoms with E-state index in [1.54, 1.807) is 6.92 Å². The molecule has 0 aliphatic carbocycles. The van der Waals surface area contributed by atoms with E-state index in [1.165, 1.54) is 6.07 Å². The average Bonchev–Trinajstić information content (AvgIpc) is 2.94. The minimum absolute atomic E-state index is 0.0913. The molecule has 1 amide bonds. The molecule has 2 aromatic rings. The number of carbonyl (C=O) groups is 2. The summed E-state index contributed by atoms with van der Waals surface area (Å²) in [5.41, 5.74) is -0.602. The highest BCUT2D eigenvalue weighted by molar-refractivity contribution is 5.92. The zero-order valence-corrected chi connectivity index (χ0v) is 12.2. The van der Waals surface area contributed by atoms with Crippen LogP contribution in [0.4, 0.5) is 8.78 Å². The van der Waals surface area contributed by atoms with Gasteiger partial charge in [-0.3, -0.25) is 9.59 Å². The zero-order chi connectivity index (χ0) is 17.0. The smallest absolute Gasteiger partial charge is 0.303 e. The molecule has 1 heterocycles. The Hall–Kier alpha value is -2.77. The molecule has 2 rings (SSSR count). The molecule has 2 N–H and O–H groups in total. The molecule has 0 spiro atoms. The van der Waals surface area contributed by atoms with Crippen LogP contribution in [0.15, 0.2) is 28.9 Å². The number of carbonyl (C=O) groups excluding carboxylic acids is 1. The predicted molar refractivity (Wildman–Crippen MR) is 75.7 cm³/mol. The molecular weight excluding hydrogens is 310 g/mol. The molecular formula is C15H14F2N2O4. The molecule has 0 radical (unpaired) electrons. The first-order chi connectivity index (χ1) is 10.9. The average molecular weight is 324 g/mol. The molecule has 0 aliphatic heterocycles. The number of benzene rings is 1. The highest BCUT2D eigenvalue weighted by atomic mass is 19.1. The van der Waals surface area contributed by atoms with E-state index in [9.17, 15) is 18.4 Å². The first kappa shape index (κ1) is 16.6. The number of halogens is 2. The van der Waals surface area contributed by atoms with Gasteiger partial charge < -0.3 is 14.8 Å². The van der Waals surface area contributed by atoms with Gasteiger partial charge in [0, 0.05) is 12.5 Å². The number of aliphatic carboxylic acids is 1. The summed E-state index contributed by atoms with van der Waals surface area (Å²) in [6, 6.07) is 2.91. The number of carboxylic acid groups (broad SMARTS) is 1. The fourth-order valence-corrected chi connectivity index (χ4v) is 1.90. The first-order valence-corrected chi connectivity index (χ1v) is 6.81. The van der Waals surface area contributed by atoms with Crippen molar-refractivity contribution in [2.24, 2.45) is 0 Å². The summed E-state index contributed by atoms with van der Waals surface area (Å²) < 4.78 is 32.2. The maximum absolute atomic E-state index is 13.6. The Kier molecular flexibility index (Phi) is 5.05. The number of nitrogens with zero attached hydrogens (tertiary/aromatic N) is 1. The normalized spacial score (nSPS) is 12.0. The molecule has 0 aliphatic rings. The van der Waals surface area contributed by atoms with Crippen LogP contribution in [-0.2, 0) is 4.79 Å². The molecule has 0 saturated carbocycles. The van der Waals surface area contributed by atoms with Gasteiger partial charge in [-0.05, 0) is 25.5 Å². The van der Waals surface area contributed by atoms with Gasteiger partial charge in [0.15, 0.2) is 5.69 Å². The van der Waals surface area contributed by atoms with Gasteiger partial charge in [-0.2, -0.15) is 0 Å². The van der Waals surface area contributed by atoms with Gasteiger partial charge in [-0.1, -0.05) is 6.07 Å². The zero-order valence-electron chi connectivity index (χ0n) is 12.2. The highest BCUT2D eigenvalue weighted by Gasteiger charge is 2.20. The van der Waals surface area contributed by atoms with Crippen LogP contribution in [0.2, 0.25) is 0 Å². The quantitative estimate of drug-likeness (QED) is 0.852. The fourth-order valence-electron chi connectivity index (χ4n) is 1.90. The van der Waals surface area contributed by atoms with Crippen LogP contribution >= 0.6 is 0 Å². The molecule has 8 heteroatoms. The maximum Gasteiger partial charge on any atom is 0.303 e. The van der Waals surface area contributed by atoms with E-state index in [2.05, 4.69) is 10.3 Å². The molecule has 0 fully saturated rings. The second kappa shape index (κ2) is 6.99. The molecule has 6 nitrogen and oxygen atoms in total. The number of rotatable bonds is 6. The fraction of sp³-hybridized carbons (Fsp3) is 0.267. The van der Waals surface area contributed by atoms with Crippen molar-refractivity contribution in [1.29, 1.82) is 0 Å². The minimum Gasteiger partial charge on any atom is -0.481 e. The lowest BCUT2D eigenvalue weighted by molar-refractivity contribution is -0.137. The monoisotopic (exact) mass is 324 g/mol. The third-order valence-corrected chi connectivity index (χ3v) is 3.08. The van der Waals surface area contributed by atoms with Gasteiger partial charge in [0.25, 0.3) is 5.91 Å². The van der Waals surface area contributed by atoms with Crippen LogP contribution in [-0.4, -0.2) is 28.0 Å². The Labute approximate surface area is 130 Å². The highest BCUT2D eigenvalue weighted by Crippen LogP contribution is 2.25. The first-order valence-electron chi connectivity index (χ1n) is 6.81. The van der Waals surface area contributed by atoms with Crippen molar-refractivity contribution >= 4 is 11.9 Å². The minimum atomic E-state index is -0.968. The van der Waals surface area contributed by atoms with Gasteiger partial charge in [0.05, 0.1) is 0 Å². The second-order valence-corrected chi connectivity index (χ2v) is 4.94. The van der Waals surface area contributed by atoms with Gasteiger partial charge >= 0.3 is 5.97 Å². The largest absolute Gasteiger partial charge is 0.481 e. The van der Waals surface area contributed by atoms with E-state index in [0.29, 0.717) is 0 Å². The van der Waals surface area contributed by atoms with E-state index >= 15 is 0 Å². The lowest BCUT2D eigenvalue weighted by Gasteiger charge is -2.10. The van der Waals surface area contributed by atoms with Gasteiger partial charge in [-0.15, -0.1) is 0 Å². The van der Waals surface area contributed by atoms with E-state index < -0.39 is 35.1 Å². The van der Waals surface area contributed by atoms with Crippen LogP contribution in [0.25, 0.3) is 11.5 Å². The molecule has 122 valence electrons. The summed E-state index contributed by atoms with van der Waals surface area (Å²) in [5.74, 6) is -3.63. The molecule has 0 bridgehead atoms. The lowest BCUT2D eigenvalue weighted by atomic mass is 10.2. The van der Waals surface area contributed by atoms with E-state index in [-0.39, 0.29) is 24.4 Å². The van der Waals surface area contributed by atoms with Crippen molar-refractivity contribution in [3.05, 3.63) is 41.8 Å². The Morgan fingerprint density at radius 1 is 1.35 bits per heavy atom. The predicted octanol–water partition coefficient (Wildman–Crippen LogP) is 2.60. The SMILES string of the molecule is CC(CCC(=O)O)NC(=O)c1coc(-c2c(F)cccc2F)n1. The van der Waals surface area contributed by atoms with E-state index in [1.807, 2.05) is 0 Å². The van der Waals surface area contributed by atoms with Crippen molar-refractivity contribution in [2.75, 3.05) is 0 Å². The summed E-state index contributed by atoms with van der Waals surface area (Å²) >= 11 is 0. The van der Waals surface area contributed by atoms with E-state index in [4.69, 9.17) is 9.52 Å². The second-order valence-electron chi connectivity index (χ2n) is 4.94. The van der Waals surface area contributed by atoms with Crippen molar-refractivity contribution < 1.29 is 27.9 Å². The summed E-state index contributed by atoms with van der Waals surface area (Å²) in [6.45, 7) is 1.64. The Morgan fingerprint density at radius 3 is 2.61 bits per heavy atom. The van der Waals surface area contributed by atoms with Crippen LogP contribution < -0.4 is 5.32 Å². The van der Waals surface area contributed by atoms with Crippen molar-refractivity contribution in [2.45, 2.75) is 25.8 Å². The van der Waals surface area contributed by atoms with Gasteiger partial charge in [0.1, 0.15) is 23.5 Å². The summed E-state index contributed by atoms with van der Waals surface area (Å²) in [6.07, 6.45) is 1.14. The van der Waals surface area contributed by atoms with Gasteiger partial charge in [0.2, 0.25) is 5.89 Å². The Morgan fingerprint density at radius 2 is 2.00 bits per heavy atom. The summed E-state index contributed by atoms with van der Waals surface area (Å²) in [5, 5.41) is 11.1. The summed E-state index contributed by atoms with van der Waals surface area (Å²) in [4.78, 5) is 26.2. The molecule has 1 aromatic heterocycles. The number of hydrogen-bond acceptors (Lipinski definition) is 4. The van der Waals surface area contributed by atoms with Gasteiger partial charge in [-0.25, -0.2) is 13.8 Å². The third-order valence-electron chi connectivity index (χ3n) is 3.08. The molecule has 1 atom stereocenters.